The first-order valence-corrected chi connectivity index (χ1v) is 13.4. The molecule has 41 heavy (non-hydrogen) atoms. The molecule has 1 fully saturated rings. The summed E-state index contributed by atoms with van der Waals surface area (Å²) in [5.74, 6) is 2.77. The van der Waals surface area contributed by atoms with Gasteiger partial charge in [-0.05, 0) is 75.7 Å². The van der Waals surface area contributed by atoms with Gasteiger partial charge >= 0.3 is 6.09 Å². The van der Waals surface area contributed by atoms with Crippen molar-refractivity contribution < 1.29 is 19.0 Å². The van der Waals surface area contributed by atoms with Gasteiger partial charge in [0.15, 0.2) is 5.65 Å². The van der Waals surface area contributed by atoms with Crippen molar-refractivity contribution in [1.82, 2.24) is 29.5 Å². The number of pyridine rings is 1. The lowest BCUT2D eigenvalue weighted by molar-refractivity contribution is 0.0275. The van der Waals surface area contributed by atoms with E-state index in [2.05, 4.69) is 25.4 Å². The Morgan fingerprint density at radius 1 is 1.00 bits per heavy atom. The summed E-state index contributed by atoms with van der Waals surface area (Å²) in [6.45, 7) is 8.65. The summed E-state index contributed by atoms with van der Waals surface area (Å²) in [4.78, 5) is 27.2. The number of aryl methyl sites for hydroxylation is 1. The molecule has 1 amide bonds. The lowest BCUT2D eigenvalue weighted by Gasteiger charge is -2.24. The summed E-state index contributed by atoms with van der Waals surface area (Å²) in [5.41, 5.74) is 2.78. The number of nitrogens with one attached hydrogen (secondary N) is 1. The van der Waals surface area contributed by atoms with Gasteiger partial charge in [0.1, 0.15) is 47.4 Å². The smallest absolute Gasteiger partial charge is 0.410 e. The topological polar surface area (TPSA) is 116 Å². The molecule has 0 spiro atoms. The summed E-state index contributed by atoms with van der Waals surface area (Å²) in [7, 11) is 0. The van der Waals surface area contributed by atoms with Gasteiger partial charge in [0.2, 0.25) is 0 Å². The van der Waals surface area contributed by atoms with Crippen molar-refractivity contribution in [2.75, 3.05) is 18.4 Å². The van der Waals surface area contributed by atoms with Crippen molar-refractivity contribution in [2.45, 2.75) is 45.8 Å². The number of rotatable bonds is 6. The zero-order valence-electron chi connectivity index (χ0n) is 23.4. The minimum Gasteiger partial charge on any atom is -0.488 e. The van der Waals surface area contributed by atoms with Crippen molar-refractivity contribution >= 4 is 34.1 Å². The van der Waals surface area contributed by atoms with E-state index in [1.807, 2.05) is 82.4 Å². The van der Waals surface area contributed by atoms with E-state index in [0.29, 0.717) is 36.1 Å². The summed E-state index contributed by atoms with van der Waals surface area (Å²) < 4.78 is 19.5. The van der Waals surface area contributed by atoms with Crippen LogP contribution in [-0.2, 0) is 4.74 Å². The SMILES string of the molecule is Cc1cc(Nc2ncnc3ccc(O[C@H]4CCN(C(=O)OC(C)(C)C)C4)cc23)ccc1Oc1ccn2ncnc2c1. The molecule has 210 valence electrons. The molecule has 2 aromatic carbocycles. The maximum Gasteiger partial charge on any atom is 0.410 e. The van der Waals surface area contributed by atoms with Gasteiger partial charge < -0.3 is 24.4 Å². The van der Waals surface area contributed by atoms with Crippen molar-refractivity contribution in [2.24, 2.45) is 0 Å². The van der Waals surface area contributed by atoms with Crippen LogP contribution in [0.25, 0.3) is 16.6 Å². The maximum absolute atomic E-state index is 12.4. The molecule has 0 bridgehead atoms. The van der Waals surface area contributed by atoms with Crippen LogP contribution in [-0.4, -0.2) is 60.4 Å². The van der Waals surface area contributed by atoms with Gasteiger partial charge in [0.25, 0.3) is 0 Å². The van der Waals surface area contributed by atoms with E-state index in [0.717, 1.165) is 34.3 Å². The number of carbonyl (C=O) groups excluding carboxylic acids is 1. The molecule has 1 aliphatic rings. The number of amides is 1. The van der Waals surface area contributed by atoms with Gasteiger partial charge in [0.05, 0.1) is 12.1 Å². The number of fused-ring (bicyclic) bond motifs is 2. The lowest BCUT2D eigenvalue weighted by Crippen LogP contribution is -2.36. The van der Waals surface area contributed by atoms with Crippen LogP contribution in [0.1, 0.15) is 32.8 Å². The molecule has 11 heteroatoms. The molecule has 1 N–H and O–H groups in total. The van der Waals surface area contributed by atoms with Crippen LogP contribution in [0.3, 0.4) is 0 Å². The highest BCUT2D eigenvalue weighted by Crippen LogP contribution is 2.32. The number of carbonyl (C=O) groups is 1. The minimum atomic E-state index is -0.531. The van der Waals surface area contributed by atoms with Gasteiger partial charge in [-0.2, -0.15) is 5.10 Å². The monoisotopic (exact) mass is 553 g/mol. The molecular weight excluding hydrogens is 522 g/mol. The molecule has 3 aromatic heterocycles. The predicted octanol–water partition coefficient (Wildman–Crippen LogP) is 5.91. The van der Waals surface area contributed by atoms with Crippen LogP contribution in [0.15, 0.2) is 67.4 Å². The minimum absolute atomic E-state index is 0.123. The number of nitrogens with zero attached hydrogens (tertiary/aromatic N) is 6. The second kappa shape index (κ2) is 10.6. The largest absolute Gasteiger partial charge is 0.488 e. The summed E-state index contributed by atoms with van der Waals surface area (Å²) in [6, 6.07) is 15.3. The van der Waals surface area contributed by atoms with Gasteiger partial charge in [-0.3, -0.25) is 0 Å². The zero-order valence-corrected chi connectivity index (χ0v) is 23.4. The molecule has 6 rings (SSSR count). The van der Waals surface area contributed by atoms with E-state index in [4.69, 9.17) is 14.2 Å². The predicted molar refractivity (Wildman–Crippen MR) is 154 cm³/mol. The third-order valence-electron chi connectivity index (χ3n) is 6.62. The van der Waals surface area contributed by atoms with E-state index in [9.17, 15) is 4.79 Å². The highest BCUT2D eigenvalue weighted by Gasteiger charge is 2.31. The fourth-order valence-electron chi connectivity index (χ4n) is 4.68. The molecular formula is C30H31N7O4. The molecule has 11 nitrogen and oxygen atoms in total. The number of anilines is 2. The Labute approximate surface area is 237 Å². The van der Waals surface area contributed by atoms with E-state index >= 15 is 0 Å². The molecule has 0 unspecified atom stereocenters. The molecule has 1 aliphatic heterocycles. The van der Waals surface area contributed by atoms with Gasteiger partial charge in [-0.1, -0.05) is 0 Å². The summed E-state index contributed by atoms with van der Waals surface area (Å²) in [6.07, 6.45) is 5.14. The van der Waals surface area contributed by atoms with Crippen molar-refractivity contribution in [3.05, 3.63) is 72.9 Å². The molecule has 1 saturated heterocycles. The standard InChI is InChI=1S/C30H31N7O4/c1-19-13-20(5-8-26(19)40-22-10-12-37-27(15-22)32-18-34-37)35-28-24-14-21(6-7-25(24)31-17-33-28)39-23-9-11-36(16-23)29(38)41-30(2,3)4/h5-8,10,12-15,17-18,23H,9,11,16H2,1-4H3,(H,31,33,35)/t23-/m0/s1. The van der Waals surface area contributed by atoms with Gasteiger partial charge in [-0.25, -0.2) is 24.3 Å². The molecule has 5 aromatic rings. The number of hydrogen-bond acceptors (Lipinski definition) is 9. The third-order valence-corrected chi connectivity index (χ3v) is 6.62. The summed E-state index contributed by atoms with van der Waals surface area (Å²) in [5, 5.41) is 8.35. The Morgan fingerprint density at radius 3 is 2.71 bits per heavy atom. The van der Waals surface area contributed by atoms with Crippen LogP contribution in [0.4, 0.5) is 16.3 Å². The highest BCUT2D eigenvalue weighted by molar-refractivity contribution is 5.91. The average Bonchev–Trinajstić information content (AvgIpc) is 3.59. The first kappa shape index (κ1) is 26.3. The second-order valence-corrected chi connectivity index (χ2v) is 11.0. The maximum atomic E-state index is 12.4. The van der Waals surface area contributed by atoms with Crippen LogP contribution in [0, 0.1) is 6.92 Å². The van der Waals surface area contributed by atoms with Crippen LogP contribution in [0.5, 0.6) is 17.2 Å². The van der Waals surface area contributed by atoms with Crippen molar-refractivity contribution in [3.63, 3.8) is 0 Å². The van der Waals surface area contributed by atoms with E-state index in [1.165, 1.54) is 12.7 Å². The Hall–Kier alpha value is -4.93. The average molecular weight is 554 g/mol. The molecule has 4 heterocycles. The van der Waals surface area contributed by atoms with E-state index in [-0.39, 0.29) is 12.2 Å². The van der Waals surface area contributed by atoms with E-state index < -0.39 is 5.60 Å². The molecule has 0 radical (unpaired) electrons. The Bertz CT molecular complexity index is 1730. The lowest BCUT2D eigenvalue weighted by atomic mass is 10.2. The number of likely N-dealkylation sites (tertiary alicyclic amines) is 1. The number of hydrogen-bond donors (Lipinski definition) is 1. The first-order chi connectivity index (χ1) is 19.7. The molecule has 0 saturated carbocycles. The quantitative estimate of drug-likeness (QED) is 0.274. The van der Waals surface area contributed by atoms with Crippen LogP contribution in [0.2, 0.25) is 0 Å². The third kappa shape index (κ3) is 5.98. The number of benzene rings is 2. The fourth-order valence-corrected chi connectivity index (χ4v) is 4.68. The van der Waals surface area contributed by atoms with Gasteiger partial charge in [0, 0.05) is 36.3 Å². The van der Waals surface area contributed by atoms with Gasteiger partial charge in [-0.15, -0.1) is 0 Å². The van der Waals surface area contributed by atoms with Crippen molar-refractivity contribution in [3.8, 4) is 17.2 Å². The zero-order chi connectivity index (χ0) is 28.6. The number of aromatic nitrogens is 5. The van der Waals surface area contributed by atoms with E-state index in [1.54, 1.807) is 9.42 Å². The second-order valence-electron chi connectivity index (χ2n) is 11.0. The van der Waals surface area contributed by atoms with Crippen LogP contribution >= 0.6 is 0 Å². The Morgan fingerprint density at radius 2 is 1.88 bits per heavy atom. The Balaban J connectivity index is 1.15. The first-order valence-electron chi connectivity index (χ1n) is 13.4. The summed E-state index contributed by atoms with van der Waals surface area (Å²) >= 11 is 0. The molecule has 1 atom stereocenters. The highest BCUT2D eigenvalue weighted by atomic mass is 16.6. The molecule has 0 aliphatic carbocycles. The fraction of sp³-hybridized carbons (Fsp3) is 0.300. The number of ether oxygens (including phenoxy) is 3. The Kier molecular flexibility index (Phi) is 6.78. The van der Waals surface area contributed by atoms with Crippen LogP contribution < -0.4 is 14.8 Å². The normalized spacial score (nSPS) is 15.3. The van der Waals surface area contributed by atoms with Crippen molar-refractivity contribution in [1.29, 1.82) is 0 Å².